The third kappa shape index (κ3) is 2.94. The first-order chi connectivity index (χ1) is 9.11. The second-order valence-corrected chi connectivity index (χ2v) is 4.31. The largest absolute Gasteiger partial charge is 0.493 e. The lowest BCUT2D eigenvalue weighted by molar-refractivity contribution is 0.101. The Balaban J connectivity index is 2.39. The van der Waals surface area contributed by atoms with Crippen LogP contribution in [-0.2, 0) is 0 Å². The van der Waals surface area contributed by atoms with Crippen molar-refractivity contribution < 1.29 is 14.3 Å². The van der Waals surface area contributed by atoms with Crippen LogP contribution in [0, 0.1) is 6.92 Å². The van der Waals surface area contributed by atoms with Crippen LogP contribution in [0.25, 0.3) is 0 Å². The van der Waals surface area contributed by atoms with Crippen molar-refractivity contribution in [2.45, 2.75) is 13.8 Å². The van der Waals surface area contributed by atoms with Gasteiger partial charge < -0.3 is 9.47 Å². The van der Waals surface area contributed by atoms with Gasteiger partial charge in [0.05, 0.1) is 12.7 Å². The van der Waals surface area contributed by atoms with Crippen LogP contribution < -0.4 is 9.47 Å². The molecule has 0 spiro atoms. The minimum absolute atomic E-state index is 0.0262. The van der Waals surface area contributed by atoms with Crippen molar-refractivity contribution in [1.29, 1.82) is 0 Å². The van der Waals surface area contributed by atoms with E-state index in [0.29, 0.717) is 22.8 Å². The maximum Gasteiger partial charge on any atom is 0.169 e. The SMILES string of the molecule is COc1cc(C)ccc1Oc1ccccc1C(C)=O. The molecule has 0 fully saturated rings. The topological polar surface area (TPSA) is 35.5 Å². The Bertz CT molecular complexity index is 603. The average molecular weight is 256 g/mol. The van der Waals surface area contributed by atoms with Gasteiger partial charge in [0.25, 0.3) is 0 Å². The number of methoxy groups -OCH3 is 1. The highest BCUT2D eigenvalue weighted by molar-refractivity contribution is 5.96. The maximum atomic E-state index is 11.6. The van der Waals surface area contributed by atoms with E-state index in [1.807, 2.05) is 37.3 Å². The van der Waals surface area contributed by atoms with Gasteiger partial charge in [0.1, 0.15) is 5.75 Å². The lowest BCUT2D eigenvalue weighted by Crippen LogP contribution is -1.98. The van der Waals surface area contributed by atoms with Crippen molar-refractivity contribution in [2.75, 3.05) is 7.11 Å². The molecule has 0 heterocycles. The van der Waals surface area contributed by atoms with E-state index in [1.165, 1.54) is 6.92 Å². The predicted molar refractivity (Wildman–Crippen MR) is 74.3 cm³/mol. The number of Topliss-reactive ketones (excluding diaryl/α,β-unsaturated/α-hetero) is 1. The number of hydrogen-bond acceptors (Lipinski definition) is 3. The van der Waals surface area contributed by atoms with Crippen LogP contribution in [0.3, 0.4) is 0 Å². The van der Waals surface area contributed by atoms with Gasteiger partial charge in [0.2, 0.25) is 0 Å². The zero-order valence-corrected chi connectivity index (χ0v) is 11.3. The van der Waals surface area contributed by atoms with Gasteiger partial charge in [0.15, 0.2) is 17.3 Å². The normalized spacial score (nSPS) is 10.1. The van der Waals surface area contributed by atoms with E-state index in [4.69, 9.17) is 9.47 Å². The summed E-state index contributed by atoms with van der Waals surface area (Å²) in [6, 6.07) is 12.8. The Morgan fingerprint density at radius 2 is 1.74 bits per heavy atom. The van der Waals surface area contributed by atoms with Gasteiger partial charge in [-0.05, 0) is 43.7 Å². The third-order valence-electron chi connectivity index (χ3n) is 2.81. The molecule has 98 valence electrons. The highest BCUT2D eigenvalue weighted by atomic mass is 16.5. The summed E-state index contributed by atoms with van der Waals surface area (Å²) in [6.07, 6.45) is 0. The summed E-state index contributed by atoms with van der Waals surface area (Å²) >= 11 is 0. The van der Waals surface area contributed by atoms with E-state index >= 15 is 0 Å². The molecular weight excluding hydrogens is 240 g/mol. The maximum absolute atomic E-state index is 11.6. The first-order valence-corrected chi connectivity index (χ1v) is 6.04. The molecule has 3 nitrogen and oxygen atoms in total. The molecule has 0 aliphatic heterocycles. The molecule has 0 unspecified atom stereocenters. The van der Waals surface area contributed by atoms with Crippen LogP contribution in [0.1, 0.15) is 22.8 Å². The van der Waals surface area contributed by atoms with E-state index in [2.05, 4.69) is 0 Å². The number of carbonyl (C=O) groups excluding carboxylic acids is 1. The van der Waals surface area contributed by atoms with Crippen LogP contribution in [0.4, 0.5) is 0 Å². The Labute approximate surface area is 112 Å². The monoisotopic (exact) mass is 256 g/mol. The smallest absolute Gasteiger partial charge is 0.169 e. The van der Waals surface area contributed by atoms with Crippen LogP contribution in [0.15, 0.2) is 42.5 Å². The molecule has 0 saturated carbocycles. The fraction of sp³-hybridized carbons (Fsp3) is 0.188. The Hall–Kier alpha value is -2.29. The van der Waals surface area contributed by atoms with Crippen LogP contribution >= 0.6 is 0 Å². The quantitative estimate of drug-likeness (QED) is 0.776. The molecule has 0 aliphatic rings. The minimum atomic E-state index is -0.0262. The molecule has 0 atom stereocenters. The van der Waals surface area contributed by atoms with E-state index < -0.39 is 0 Å². The van der Waals surface area contributed by atoms with Crippen LogP contribution in [-0.4, -0.2) is 12.9 Å². The number of hydrogen-bond donors (Lipinski definition) is 0. The van der Waals surface area contributed by atoms with Crippen molar-refractivity contribution in [3.05, 3.63) is 53.6 Å². The summed E-state index contributed by atoms with van der Waals surface area (Å²) in [4.78, 5) is 11.6. The number of benzene rings is 2. The molecule has 2 aromatic carbocycles. The highest BCUT2D eigenvalue weighted by Crippen LogP contribution is 2.33. The predicted octanol–water partition coefficient (Wildman–Crippen LogP) is 4.00. The van der Waals surface area contributed by atoms with Gasteiger partial charge in [-0.1, -0.05) is 18.2 Å². The van der Waals surface area contributed by atoms with Crippen molar-refractivity contribution in [3.63, 3.8) is 0 Å². The minimum Gasteiger partial charge on any atom is -0.493 e. The molecule has 0 N–H and O–H groups in total. The molecular formula is C16H16O3. The summed E-state index contributed by atoms with van der Waals surface area (Å²) < 4.78 is 11.1. The van der Waals surface area contributed by atoms with Gasteiger partial charge >= 0.3 is 0 Å². The second kappa shape index (κ2) is 5.57. The Morgan fingerprint density at radius 1 is 1.00 bits per heavy atom. The number of aryl methyl sites for hydroxylation is 1. The number of ketones is 1. The van der Waals surface area contributed by atoms with E-state index in [0.717, 1.165) is 5.56 Å². The molecule has 19 heavy (non-hydrogen) atoms. The Kier molecular flexibility index (Phi) is 3.85. The Morgan fingerprint density at radius 3 is 2.42 bits per heavy atom. The molecule has 0 aromatic heterocycles. The standard InChI is InChI=1S/C16H16O3/c1-11-8-9-15(16(10-11)18-3)19-14-7-5-4-6-13(14)12(2)17/h4-10H,1-3H3. The second-order valence-electron chi connectivity index (χ2n) is 4.31. The molecule has 0 saturated heterocycles. The number of ether oxygens (including phenoxy) is 2. The first-order valence-electron chi connectivity index (χ1n) is 6.04. The van der Waals surface area contributed by atoms with Gasteiger partial charge in [-0.15, -0.1) is 0 Å². The van der Waals surface area contributed by atoms with Crippen LogP contribution in [0.2, 0.25) is 0 Å². The van der Waals surface area contributed by atoms with Gasteiger partial charge in [0, 0.05) is 0 Å². The van der Waals surface area contributed by atoms with Crippen LogP contribution in [0.5, 0.6) is 17.2 Å². The zero-order valence-electron chi connectivity index (χ0n) is 11.3. The van der Waals surface area contributed by atoms with Gasteiger partial charge in [-0.3, -0.25) is 4.79 Å². The average Bonchev–Trinajstić information content (AvgIpc) is 2.41. The summed E-state index contributed by atoms with van der Waals surface area (Å²) in [5, 5.41) is 0. The summed E-state index contributed by atoms with van der Waals surface area (Å²) in [7, 11) is 1.60. The van der Waals surface area contributed by atoms with Crippen molar-refractivity contribution >= 4 is 5.78 Å². The lowest BCUT2D eigenvalue weighted by atomic mass is 10.1. The molecule has 0 bridgehead atoms. The fourth-order valence-electron chi connectivity index (χ4n) is 1.82. The first kappa shape index (κ1) is 13.1. The van der Waals surface area contributed by atoms with E-state index in [1.54, 1.807) is 19.2 Å². The van der Waals surface area contributed by atoms with Crippen molar-refractivity contribution in [3.8, 4) is 17.2 Å². The molecule has 3 heteroatoms. The highest BCUT2D eigenvalue weighted by Gasteiger charge is 2.11. The molecule has 0 amide bonds. The molecule has 2 aromatic rings. The van der Waals surface area contributed by atoms with E-state index in [9.17, 15) is 4.79 Å². The fourth-order valence-corrected chi connectivity index (χ4v) is 1.82. The molecule has 0 aliphatic carbocycles. The zero-order chi connectivity index (χ0) is 13.8. The summed E-state index contributed by atoms with van der Waals surface area (Å²) in [5.41, 5.74) is 1.65. The lowest BCUT2D eigenvalue weighted by Gasteiger charge is -2.12. The van der Waals surface area contributed by atoms with Crippen molar-refractivity contribution in [1.82, 2.24) is 0 Å². The van der Waals surface area contributed by atoms with E-state index in [-0.39, 0.29) is 5.78 Å². The number of rotatable bonds is 4. The molecule has 2 rings (SSSR count). The van der Waals surface area contributed by atoms with Gasteiger partial charge in [-0.25, -0.2) is 0 Å². The number of carbonyl (C=O) groups is 1. The molecule has 0 radical (unpaired) electrons. The summed E-state index contributed by atoms with van der Waals surface area (Å²) in [5.74, 6) is 1.76. The van der Waals surface area contributed by atoms with Gasteiger partial charge in [-0.2, -0.15) is 0 Å². The summed E-state index contributed by atoms with van der Waals surface area (Å²) in [6.45, 7) is 3.50. The van der Waals surface area contributed by atoms with Crippen molar-refractivity contribution in [2.24, 2.45) is 0 Å². The third-order valence-corrected chi connectivity index (χ3v) is 2.81. The number of para-hydroxylation sites is 1.